The van der Waals surface area contributed by atoms with Crippen molar-refractivity contribution in [2.24, 2.45) is 0 Å². The van der Waals surface area contributed by atoms with Crippen LogP contribution in [0.2, 0.25) is 15.1 Å². The van der Waals surface area contributed by atoms with Crippen LogP contribution in [0.3, 0.4) is 0 Å². The summed E-state index contributed by atoms with van der Waals surface area (Å²) in [4.78, 5) is 4.10. The van der Waals surface area contributed by atoms with Gasteiger partial charge < -0.3 is 5.32 Å². The molecule has 0 spiro atoms. The first-order chi connectivity index (χ1) is 7.65. The lowest BCUT2D eigenvalue weighted by Crippen LogP contribution is -1.93. The Labute approximate surface area is 108 Å². The van der Waals surface area contributed by atoms with Crippen LogP contribution in [0.15, 0.2) is 36.5 Å². The summed E-state index contributed by atoms with van der Waals surface area (Å²) in [6.45, 7) is 0. The van der Waals surface area contributed by atoms with Crippen molar-refractivity contribution >= 4 is 46.3 Å². The SMILES string of the molecule is Clc1ccc(Nc2ccc(Cl)cc2Cl)nc1. The minimum atomic E-state index is 0.546. The summed E-state index contributed by atoms with van der Waals surface area (Å²) >= 11 is 17.5. The molecule has 2 rings (SSSR count). The van der Waals surface area contributed by atoms with E-state index in [4.69, 9.17) is 34.8 Å². The van der Waals surface area contributed by atoms with E-state index < -0.39 is 0 Å². The molecule has 0 saturated carbocycles. The summed E-state index contributed by atoms with van der Waals surface area (Å²) in [5.74, 6) is 0.675. The molecule has 2 nitrogen and oxygen atoms in total. The van der Waals surface area contributed by atoms with E-state index in [2.05, 4.69) is 10.3 Å². The van der Waals surface area contributed by atoms with E-state index >= 15 is 0 Å². The van der Waals surface area contributed by atoms with Gasteiger partial charge in [-0.1, -0.05) is 34.8 Å². The standard InChI is InChI=1S/C11H7Cl3N2/c12-7-1-3-10(9(14)5-7)16-11-4-2-8(13)6-15-11/h1-6H,(H,15,16). The molecule has 0 aliphatic carbocycles. The molecule has 0 aliphatic heterocycles. The van der Waals surface area contributed by atoms with Crippen LogP contribution >= 0.6 is 34.8 Å². The number of halogens is 3. The lowest BCUT2D eigenvalue weighted by Gasteiger charge is -2.07. The van der Waals surface area contributed by atoms with Crippen LogP contribution in [0.1, 0.15) is 0 Å². The Balaban J connectivity index is 2.23. The first kappa shape index (κ1) is 11.5. The van der Waals surface area contributed by atoms with E-state index in [1.54, 1.807) is 36.5 Å². The zero-order valence-corrected chi connectivity index (χ0v) is 10.3. The van der Waals surface area contributed by atoms with E-state index in [9.17, 15) is 0 Å². The molecule has 1 aromatic heterocycles. The maximum absolute atomic E-state index is 6.01. The highest BCUT2D eigenvalue weighted by Crippen LogP contribution is 2.27. The summed E-state index contributed by atoms with van der Waals surface area (Å²) in [5.41, 5.74) is 0.751. The third kappa shape index (κ3) is 2.79. The van der Waals surface area contributed by atoms with E-state index in [0.717, 1.165) is 5.69 Å². The Morgan fingerprint density at radius 2 is 1.69 bits per heavy atom. The molecule has 0 aliphatic rings. The molecule has 0 saturated heterocycles. The van der Waals surface area contributed by atoms with Crippen molar-refractivity contribution in [3.63, 3.8) is 0 Å². The van der Waals surface area contributed by atoms with Crippen LogP contribution in [-0.2, 0) is 0 Å². The fourth-order valence-corrected chi connectivity index (χ4v) is 1.75. The van der Waals surface area contributed by atoms with Crippen molar-refractivity contribution in [2.75, 3.05) is 5.32 Å². The van der Waals surface area contributed by atoms with Crippen molar-refractivity contribution in [2.45, 2.75) is 0 Å². The van der Waals surface area contributed by atoms with Gasteiger partial charge in [0.15, 0.2) is 0 Å². The molecule has 1 N–H and O–H groups in total. The first-order valence-corrected chi connectivity index (χ1v) is 5.62. The molecule has 1 heterocycles. The average molecular weight is 274 g/mol. The number of hydrogen-bond acceptors (Lipinski definition) is 2. The summed E-state index contributed by atoms with van der Waals surface area (Å²) in [6, 6.07) is 8.74. The highest BCUT2D eigenvalue weighted by atomic mass is 35.5. The second-order valence-electron chi connectivity index (χ2n) is 3.11. The van der Waals surface area contributed by atoms with Crippen LogP contribution in [-0.4, -0.2) is 4.98 Å². The summed E-state index contributed by atoms with van der Waals surface area (Å²) in [6.07, 6.45) is 1.56. The molecule has 82 valence electrons. The smallest absolute Gasteiger partial charge is 0.130 e. The molecule has 0 fully saturated rings. The van der Waals surface area contributed by atoms with Crippen LogP contribution in [0, 0.1) is 0 Å². The maximum Gasteiger partial charge on any atom is 0.130 e. The zero-order chi connectivity index (χ0) is 11.5. The maximum atomic E-state index is 6.01. The molecule has 0 atom stereocenters. The second kappa shape index (κ2) is 4.91. The second-order valence-corrected chi connectivity index (χ2v) is 4.39. The van der Waals surface area contributed by atoms with Crippen LogP contribution in [0.4, 0.5) is 11.5 Å². The molecular formula is C11H7Cl3N2. The summed E-state index contributed by atoms with van der Waals surface area (Å²) < 4.78 is 0. The number of hydrogen-bond donors (Lipinski definition) is 1. The van der Waals surface area contributed by atoms with E-state index in [0.29, 0.717) is 20.9 Å². The van der Waals surface area contributed by atoms with Gasteiger partial charge in [0.05, 0.1) is 15.7 Å². The highest BCUT2D eigenvalue weighted by molar-refractivity contribution is 6.36. The van der Waals surface area contributed by atoms with Gasteiger partial charge in [-0.15, -0.1) is 0 Å². The number of anilines is 2. The molecule has 1 aromatic carbocycles. The van der Waals surface area contributed by atoms with Crippen LogP contribution < -0.4 is 5.32 Å². The van der Waals surface area contributed by atoms with Gasteiger partial charge >= 0.3 is 0 Å². The number of rotatable bonds is 2. The van der Waals surface area contributed by atoms with Gasteiger partial charge in [0.25, 0.3) is 0 Å². The molecular weight excluding hydrogens is 266 g/mol. The number of benzene rings is 1. The van der Waals surface area contributed by atoms with E-state index in [1.807, 2.05) is 0 Å². The van der Waals surface area contributed by atoms with Crippen LogP contribution in [0.5, 0.6) is 0 Å². The van der Waals surface area contributed by atoms with E-state index in [1.165, 1.54) is 0 Å². The summed E-state index contributed by atoms with van der Waals surface area (Å²) in [5, 5.41) is 4.80. The molecule has 0 amide bonds. The fraction of sp³-hybridized carbons (Fsp3) is 0. The van der Waals surface area contributed by atoms with E-state index in [-0.39, 0.29) is 0 Å². The van der Waals surface area contributed by atoms with Gasteiger partial charge in [-0.2, -0.15) is 0 Å². The highest BCUT2D eigenvalue weighted by Gasteiger charge is 2.02. The summed E-state index contributed by atoms with van der Waals surface area (Å²) in [7, 11) is 0. The third-order valence-corrected chi connectivity index (χ3v) is 2.69. The molecule has 0 radical (unpaired) electrons. The van der Waals surface area contributed by atoms with Gasteiger partial charge in [-0.3, -0.25) is 0 Å². The zero-order valence-electron chi connectivity index (χ0n) is 8.05. The average Bonchev–Trinajstić information content (AvgIpc) is 2.25. The molecule has 5 heteroatoms. The Hall–Kier alpha value is -0.960. The quantitative estimate of drug-likeness (QED) is 0.851. The number of pyridine rings is 1. The number of nitrogens with one attached hydrogen (secondary N) is 1. The Morgan fingerprint density at radius 1 is 0.938 bits per heavy atom. The minimum absolute atomic E-state index is 0.546. The Morgan fingerprint density at radius 3 is 2.31 bits per heavy atom. The number of nitrogens with zero attached hydrogens (tertiary/aromatic N) is 1. The lowest BCUT2D eigenvalue weighted by atomic mass is 10.3. The lowest BCUT2D eigenvalue weighted by molar-refractivity contribution is 1.31. The predicted molar refractivity (Wildman–Crippen MR) is 69.0 cm³/mol. The van der Waals surface area contributed by atoms with Crippen molar-refractivity contribution < 1.29 is 0 Å². The largest absolute Gasteiger partial charge is 0.339 e. The fourth-order valence-electron chi connectivity index (χ4n) is 1.18. The molecule has 0 unspecified atom stereocenters. The van der Waals surface area contributed by atoms with Gasteiger partial charge in [0.2, 0.25) is 0 Å². The Kier molecular flexibility index (Phi) is 3.54. The first-order valence-electron chi connectivity index (χ1n) is 4.49. The topological polar surface area (TPSA) is 24.9 Å². The van der Waals surface area contributed by atoms with Gasteiger partial charge in [-0.25, -0.2) is 4.98 Å². The molecule has 16 heavy (non-hydrogen) atoms. The van der Waals surface area contributed by atoms with Crippen molar-refractivity contribution in [3.8, 4) is 0 Å². The van der Waals surface area contributed by atoms with Crippen molar-refractivity contribution in [3.05, 3.63) is 51.6 Å². The third-order valence-electron chi connectivity index (χ3n) is 1.92. The van der Waals surface area contributed by atoms with Crippen molar-refractivity contribution in [1.29, 1.82) is 0 Å². The van der Waals surface area contributed by atoms with Crippen LogP contribution in [0.25, 0.3) is 0 Å². The minimum Gasteiger partial charge on any atom is -0.339 e. The normalized spacial score (nSPS) is 10.2. The molecule has 0 bridgehead atoms. The van der Waals surface area contributed by atoms with Gasteiger partial charge in [0.1, 0.15) is 5.82 Å². The Bertz CT molecular complexity index is 497. The predicted octanol–water partition coefficient (Wildman–Crippen LogP) is 4.79. The van der Waals surface area contributed by atoms with Crippen molar-refractivity contribution in [1.82, 2.24) is 4.98 Å². The molecule has 2 aromatic rings. The van der Waals surface area contributed by atoms with Gasteiger partial charge in [-0.05, 0) is 30.3 Å². The number of aromatic nitrogens is 1. The van der Waals surface area contributed by atoms with Gasteiger partial charge in [0, 0.05) is 11.2 Å². The monoisotopic (exact) mass is 272 g/mol.